The van der Waals surface area contributed by atoms with E-state index < -0.39 is 0 Å². The van der Waals surface area contributed by atoms with Crippen molar-refractivity contribution < 1.29 is 19.4 Å². The molecule has 0 aromatic carbocycles. The van der Waals surface area contributed by atoms with Crippen LogP contribution in [0.15, 0.2) is 0 Å². The summed E-state index contributed by atoms with van der Waals surface area (Å²) < 4.78 is 0. The standard InChI is InChI=1S/C20H38N4O2/c1-16-8-5-6-9-17(16)21-18(25)14-23-10-7-11-24(13-12-23)15-19(26)22-20(2,3)4/h16-17H,5-15H2,1-4H3,(H,21,25)(H,22,26)/p+2/t16-,17+/m1/s1. The highest BCUT2D eigenvalue weighted by atomic mass is 16.2. The average Bonchev–Trinajstić information content (AvgIpc) is 2.73. The second kappa shape index (κ2) is 9.70. The van der Waals surface area contributed by atoms with Crippen LogP contribution in [0.1, 0.15) is 59.8 Å². The van der Waals surface area contributed by atoms with Crippen molar-refractivity contribution in [2.75, 3.05) is 39.3 Å². The van der Waals surface area contributed by atoms with Gasteiger partial charge in [0, 0.05) is 18.0 Å². The van der Waals surface area contributed by atoms with Gasteiger partial charge in [-0.3, -0.25) is 9.59 Å². The molecule has 0 aromatic heterocycles. The topological polar surface area (TPSA) is 67.1 Å². The zero-order valence-corrected chi connectivity index (χ0v) is 17.2. The molecule has 1 aliphatic carbocycles. The van der Waals surface area contributed by atoms with Gasteiger partial charge in [-0.05, 0) is 39.5 Å². The monoisotopic (exact) mass is 368 g/mol. The SMILES string of the molecule is C[C@@H]1CCCC[C@@H]1NC(=O)C[NH+]1CCC[NH+](CC(=O)NC(C)(C)C)CC1. The summed E-state index contributed by atoms with van der Waals surface area (Å²) in [5.41, 5.74) is -0.173. The van der Waals surface area contributed by atoms with Crippen LogP contribution in [0.25, 0.3) is 0 Å². The fraction of sp³-hybridized carbons (Fsp3) is 0.900. The number of hydrogen-bond acceptors (Lipinski definition) is 2. The molecule has 0 spiro atoms. The zero-order valence-electron chi connectivity index (χ0n) is 17.2. The Morgan fingerprint density at radius 2 is 1.46 bits per heavy atom. The molecule has 1 heterocycles. The Bertz CT molecular complexity index is 475. The molecular weight excluding hydrogens is 328 g/mol. The minimum Gasteiger partial charge on any atom is -0.348 e. The highest BCUT2D eigenvalue weighted by molar-refractivity contribution is 5.77. The van der Waals surface area contributed by atoms with Gasteiger partial charge in [0.05, 0.1) is 13.1 Å². The maximum atomic E-state index is 12.5. The highest BCUT2D eigenvalue weighted by Gasteiger charge is 2.27. The molecule has 2 amide bonds. The van der Waals surface area contributed by atoms with E-state index in [0.717, 1.165) is 39.0 Å². The predicted molar refractivity (Wildman–Crippen MR) is 103 cm³/mol. The van der Waals surface area contributed by atoms with Crippen LogP contribution in [-0.2, 0) is 9.59 Å². The van der Waals surface area contributed by atoms with Crippen molar-refractivity contribution in [3.8, 4) is 0 Å². The molecule has 1 aliphatic heterocycles. The molecule has 6 heteroatoms. The van der Waals surface area contributed by atoms with E-state index in [1.165, 1.54) is 29.1 Å². The number of hydrogen-bond donors (Lipinski definition) is 4. The van der Waals surface area contributed by atoms with Gasteiger partial charge in [0.15, 0.2) is 13.1 Å². The van der Waals surface area contributed by atoms with Crippen LogP contribution in [-0.4, -0.2) is 62.7 Å². The Morgan fingerprint density at radius 3 is 2.04 bits per heavy atom. The fourth-order valence-electron chi connectivity index (χ4n) is 4.25. The lowest BCUT2D eigenvalue weighted by Crippen LogP contribution is -3.18. The van der Waals surface area contributed by atoms with E-state index in [9.17, 15) is 9.59 Å². The van der Waals surface area contributed by atoms with Gasteiger partial charge in [0.1, 0.15) is 13.1 Å². The molecule has 4 N–H and O–H groups in total. The van der Waals surface area contributed by atoms with Crippen LogP contribution < -0.4 is 20.4 Å². The second-order valence-electron chi connectivity index (χ2n) is 9.44. The number of rotatable bonds is 5. The molecule has 4 atom stereocenters. The van der Waals surface area contributed by atoms with E-state index in [1.807, 2.05) is 20.8 Å². The van der Waals surface area contributed by atoms with E-state index in [-0.39, 0.29) is 17.4 Å². The van der Waals surface area contributed by atoms with E-state index >= 15 is 0 Å². The lowest BCUT2D eigenvalue weighted by molar-refractivity contribution is -0.930. The summed E-state index contributed by atoms with van der Waals surface area (Å²) in [6.07, 6.45) is 5.97. The number of carbonyl (C=O) groups is 2. The van der Waals surface area contributed by atoms with Crippen molar-refractivity contribution in [1.82, 2.24) is 10.6 Å². The smallest absolute Gasteiger partial charge is 0.275 e. The minimum absolute atomic E-state index is 0.125. The molecule has 2 fully saturated rings. The zero-order chi connectivity index (χ0) is 19.2. The van der Waals surface area contributed by atoms with Crippen LogP contribution in [0, 0.1) is 5.92 Å². The molecule has 0 aromatic rings. The summed E-state index contributed by atoms with van der Waals surface area (Å²) in [6, 6.07) is 0.367. The molecule has 1 saturated heterocycles. The number of nitrogens with one attached hydrogen (secondary N) is 4. The molecule has 150 valence electrons. The van der Waals surface area contributed by atoms with Gasteiger partial charge in [-0.1, -0.05) is 19.8 Å². The van der Waals surface area contributed by atoms with Crippen molar-refractivity contribution in [2.45, 2.75) is 71.4 Å². The minimum atomic E-state index is -0.173. The van der Waals surface area contributed by atoms with Gasteiger partial charge in [-0.15, -0.1) is 0 Å². The number of quaternary nitrogens is 2. The summed E-state index contributed by atoms with van der Waals surface area (Å²) in [6.45, 7) is 13.4. The largest absolute Gasteiger partial charge is 0.348 e. The second-order valence-corrected chi connectivity index (χ2v) is 9.44. The van der Waals surface area contributed by atoms with Crippen molar-refractivity contribution in [3.05, 3.63) is 0 Å². The number of amides is 2. The van der Waals surface area contributed by atoms with Crippen LogP contribution in [0.5, 0.6) is 0 Å². The Kier molecular flexibility index (Phi) is 7.89. The molecular formula is C20H40N4O2+2. The first-order valence-corrected chi connectivity index (χ1v) is 10.5. The van der Waals surface area contributed by atoms with Crippen molar-refractivity contribution >= 4 is 11.8 Å². The molecule has 1 saturated carbocycles. The molecule has 2 rings (SSSR count). The van der Waals surface area contributed by atoms with E-state index in [1.54, 1.807) is 0 Å². The Hall–Kier alpha value is -1.14. The Morgan fingerprint density at radius 1 is 0.885 bits per heavy atom. The summed E-state index contributed by atoms with van der Waals surface area (Å²) >= 11 is 0. The number of carbonyl (C=O) groups excluding carboxylic acids is 2. The van der Waals surface area contributed by atoms with E-state index in [0.29, 0.717) is 25.0 Å². The molecule has 0 radical (unpaired) electrons. The van der Waals surface area contributed by atoms with Crippen molar-refractivity contribution in [1.29, 1.82) is 0 Å². The third-order valence-corrected chi connectivity index (χ3v) is 5.69. The van der Waals surface area contributed by atoms with E-state index in [2.05, 4.69) is 17.6 Å². The van der Waals surface area contributed by atoms with Gasteiger partial charge >= 0.3 is 0 Å². The fourth-order valence-corrected chi connectivity index (χ4v) is 4.25. The maximum absolute atomic E-state index is 12.5. The first kappa shape index (κ1) is 21.2. The molecule has 26 heavy (non-hydrogen) atoms. The summed E-state index contributed by atoms with van der Waals surface area (Å²) in [4.78, 5) is 27.3. The third-order valence-electron chi connectivity index (χ3n) is 5.69. The van der Waals surface area contributed by atoms with Crippen LogP contribution in [0.4, 0.5) is 0 Å². The lowest BCUT2D eigenvalue weighted by atomic mass is 9.86. The third kappa shape index (κ3) is 7.62. The quantitative estimate of drug-likeness (QED) is 0.491. The van der Waals surface area contributed by atoms with Gasteiger partial charge in [-0.2, -0.15) is 0 Å². The van der Waals surface area contributed by atoms with Gasteiger partial charge in [-0.25, -0.2) is 0 Å². The van der Waals surface area contributed by atoms with Crippen LogP contribution >= 0.6 is 0 Å². The van der Waals surface area contributed by atoms with Gasteiger partial charge in [0.2, 0.25) is 0 Å². The van der Waals surface area contributed by atoms with Gasteiger partial charge in [0.25, 0.3) is 11.8 Å². The average molecular weight is 369 g/mol. The first-order valence-electron chi connectivity index (χ1n) is 10.5. The van der Waals surface area contributed by atoms with Crippen molar-refractivity contribution in [2.24, 2.45) is 5.92 Å². The summed E-state index contributed by atoms with van der Waals surface area (Å²) in [7, 11) is 0. The summed E-state index contributed by atoms with van der Waals surface area (Å²) in [5.74, 6) is 0.931. The van der Waals surface area contributed by atoms with Crippen molar-refractivity contribution in [3.63, 3.8) is 0 Å². The molecule has 2 aliphatic rings. The molecule has 6 nitrogen and oxygen atoms in total. The normalized spacial score (nSPS) is 30.3. The first-order chi connectivity index (χ1) is 12.2. The highest BCUT2D eigenvalue weighted by Crippen LogP contribution is 2.23. The Labute approximate surface area is 159 Å². The molecule has 0 bridgehead atoms. The Balaban J connectivity index is 1.72. The predicted octanol–water partition coefficient (Wildman–Crippen LogP) is -1.23. The van der Waals surface area contributed by atoms with Gasteiger partial charge < -0.3 is 20.4 Å². The maximum Gasteiger partial charge on any atom is 0.275 e. The van der Waals surface area contributed by atoms with Crippen LogP contribution in [0.2, 0.25) is 0 Å². The summed E-state index contributed by atoms with van der Waals surface area (Å²) in [5, 5.41) is 6.32. The lowest BCUT2D eigenvalue weighted by Gasteiger charge is -2.29. The van der Waals surface area contributed by atoms with Crippen LogP contribution in [0.3, 0.4) is 0 Å². The van der Waals surface area contributed by atoms with E-state index in [4.69, 9.17) is 0 Å². The molecule has 2 unspecified atom stereocenters.